The summed E-state index contributed by atoms with van der Waals surface area (Å²) >= 11 is 5.99. The van der Waals surface area contributed by atoms with Crippen molar-refractivity contribution in [2.45, 2.75) is 31.8 Å². The van der Waals surface area contributed by atoms with Crippen LogP contribution in [0.25, 0.3) is 11.4 Å². The van der Waals surface area contributed by atoms with Crippen molar-refractivity contribution < 1.29 is 4.52 Å². The lowest BCUT2D eigenvalue weighted by Crippen LogP contribution is -2.43. The van der Waals surface area contributed by atoms with Crippen molar-refractivity contribution in [3.8, 4) is 11.4 Å². The molecule has 5 nitrogen and oxygen atoms in total. The highest BCUT2D eigenvalue weighted by Gasteiger charge is 2.23. The predicted octanol–water partition coefficient (Wildman–Crippen LogP) is 3.13. The third-order valence-corrected chi connectivity index (χ3v) is 4.15. The van der Waals surface area contributed by atoms with Crippen LogP contribution < -0.4 is 5.73 Å². The monoisotopic (exact) mass is 342 g/mol. The number of halogens is 2. The van der Waals surface area contributed by atoms with Crippen LogP contribution in [-0.4, -0.2) is 34.2 Å². The lowest BCUT2D eigenvalue weighted by molar-refractivity contribution is 0.128. The summed E-state index contributed by atoms with van der Waals surface area (Å²) in [7, 11) is 0. The van der Waals surface area contributed by atoms with Crippen molar-refractivity contribution in [3.63, 3.8) is 0 Å². The summed E-state index contributed by atoms with van der Waals surface area (Å²) in [4.78, 5) is 6.80. The zero-order chi connectivity index (χ0) is 14.7. The van der Waals surface area contributed by atoms with Crippen LogP contribution in [0.5, 0.6) is 0 Å². The molecule has 1 aliphatic heterocycles. The lowest BCUT2D eigenvalue weighted by atomic mass is 10.0. The fourth-order valence-electron chi connectivity index (χ4n) is 2.77. The number of rotatable bonds is 4. The zero-order valence-electron chi connectivity index (χ0n) is 12.2. The van der Waals surface area contributed by atoms with E-state index in [0.717, 1.165) is 18.5 Å². The summed E-state index contributed by atoms with van der Waals surface area (Å²) in [5.74, 6) is 1.21. The second kappa shape index (κ2) is 7.92. The molecule has 0 bridgehead atoms. The van der Waals surface area contributed by atoms with Crippen LogP contribution in [0.3, 0.4) is 0 Å². The summed E-state index contributed by atoms with van der Waals surface area (Å²) in [5.41, 5.74) is 6.70. The van der Waals surface area contributed by atoms with Crippen LogP contribution in [0.1, 0.15) is 25.2 Å². The predicted molar refractivity (Wildman–Crippen MR) is 89.1 cm³/mol. The van der Waals surface area contributed by atoms with E-state index in [-0.39, 0.29) is 12.4 Å². The second-order valence-corrected chi connectivity index (χ2v) is 5.81. The van der Waals surface area contributed by atoms with E-state index in [9.17, 15) is 0 Å². The van der Waals surface area contributed by atoms with E-state index in [4.69, 9.17) is 21.9 Å². The molecular formula is C15H20Cl2N4O. The van der Waals surface area contributed by atoms with E-state index in [1.165, 1.54) is 12.8 Å². The number of hydrogen-bond acceptors (Lipinski definition) is 5. The molecule has 0 amide bonds. The Kier molecular flexibility index (Phi) is 6.20. The molecule has 2 N–H and O–H groups in total. The molecule has 2 aromatic rings. The van der Waals surface area contributed by atoms with Gasteiger partial charge in [0.15, 0.2) is 0 Å². The third-order valence-electron chi connectivity index (χ3n) is 3.91. The normalized spacial score (nSPS) is 18.9. The Labute approximate surface area is 141 Å². The van der Waals surface area contributed by atoms with E-state index in [0.29, 0.717) is 35.9 Å². The van der Waals surface area contributed by atoms with Crippen molar-refractivity contribution in [3.05, 3.63) is 35.2 Å². The third kappa shape index (κ3) is 3.98. The van der Waals surface area contributed by atoms with Gasteiger partial charge >= 0.3 is 0 Å². The minimum atomic E-state index is 0. The lowest BCUT2D eigenvalue weighted by Gasteiger charge is -2.33. The highest BCUT2D eigenvalue weighted by molar-refractivity contribution is 6.30. The summed E-state index contributed by atoms with van der Waals surface area (Å²) in [5, 5.41) is 4.71. The van der Waals surface area contributed by atoms with Gasteiger partial charge in [0, 0.05) is 23.2 Å². The van der Waals surface area contributed by atoms with Gasteiger partial charge in [-0.3, -0.25) is 4.90 Å². The Morgan fingerprint density at radius 2 is 2.23 bits per heavy atom. The number of nitrogens with zero attached hydrogens (tertiary/aromatic N) is 3. The molecule has 22 heavy (non-hydrogen) atoms. The fraction of sp³-hybridized carbons (Fsp3) is 0.467. The molecule has 3 rings (SSSR count). The molecule has 0 spiro atoms. The number of likely N-dealkylation sites (tertiary alicyclic amines) is 1. The molecule has 0 aliphatic carbocycles. The highest BCUT2D eigenvalue weighted by atomic mass is 35.5. The van der Waals surface area contributed by atoms with E-state index >= 15 is 0 Å². The minimum absolute atomic E-state index is 0. The summed E-state index contributed by atoms with van der Waals surface area (Å²) in [6, 6.07) is 7.87. The summed E-state index contributed by atoms with van der Waals surface area (Å²) in [6.07, 6.45) is 3.59. The molecule has 120 valence electrons. The van der Waals surface area contributed by atoms with Crippen molar-refractivity contribution in [1.82, 2.24) is 15.0 Å². The molecule has 1 fully saturated rings. The van der Waals surface area contributed by atoms with Gasteiger partial charge in [-0.25, -0.2) is 0 Å². The van der Waals surface area contributed by atoms with Crippen LogP contribution >= 0.6 is 24.0 Å². The second-order valence-electron chi connectivity index (χ2n) is 5.38. The SMILES string of the molecule is Cl.NCC1CCCCN1Cc1nc(-c2cccc(Cl)c2)no1. The van der Waals surface area contributed by atoms with Gasteiger partial charge in [-0.1, -0.05) is 35.3 Å². The van der Waals surface area contributed by atoms with Crippen molar-refractivity contribution in [2.24, 2.45) is 5.73 Å². The van der Waals surface area contributed by atoms with E-state index in [1.54, 1.807) is 0 Å². The van der Waals surface area contributed by atoms with Crippen LogP contribution in [0, 0.1) is 0 Å². The molecule has 2 heterocycles. The standard InChI is InChI=1S/C15H19ClN4O.ClH/c16-12-5-3-4-11(8-12)15-18-14(21-19-15)10-20-7-2-1-6-13(20)9-17;/h3-5,8,13H,1-2,6-7,9-10,17H2;1H. The molecule has 7 heteroatoms. The average Bonchev–Trinajstić information content (AvgIpc) is 2.96. The maximum atomic E-state index is 5.99. The number of benzene rings is 1. The topological polar surface area (TPSA) is 68.2 Å². The molecular weight excluding hydrogens is 323 g/mol. The Balaban J connectivity index is 0.00000176. The van der Waals surface area contributed by atoms with Gasteiger partial charge < -0.3 is 10.3 Å². The van der Waals surface area contributed by atoms with E-state index in [2.05, 4.69) is 15.0 Å². The van der Waals surface area contributed by atoms with Gasteiger partial charge in [0.1, 0.15) is 0 Å². The van der Waals surface area contributed by atoms with Gasteiger partial charge in [-0.15, -0.1) is 12.4 Å². The molecule has 1 aromatic carbocycles. The molecule has 1 aliphatic rings. The Morgan fingerprint density at radius 1 is 1.36 bits per heavy atom. The maximum Gasteiger partial charge on any atom is 0.241 e. The number of nitrogens with two attached hydrogens (primary N) is 1. The van der Waals surface area contributed by atoms with Gasteiger partial charge in [-0.05, 0) is 31.5 Å². The molecule has 0 radical (unpaired) electrons. The summed E-state index contributed by atoms with van der Waals surface area (Å²) in [6.45, 7) is 2.38. The zero-order valence-corrected chi connectivity index (χ0v) is 13.8. The largest absolute Gasteiger partial charge is 0.338 e. The molecule has 1 saturated heterocycles. The number of hydrogen-bond donors (Lipinski definition) is 1. The van der Waals surface area contributed by atoms with Gasteiger partial charge in [0.25, 0.3) is 0 Å². The smallest absolute Gasteiger partial charge is 0.241 e. The first-order chi connectivity index (χ1) is 10.3. The number of aromatic nitrogens is 2. The van der Waals surface area contributed by atoms with Crippen LogP contribution in [0.15, 0.2) is 28.8 Å². The van der Waals surface area contributed by atoms with Crippen LogP contribution in [0.2, 0.25) is 5.02 Å². The van der Waals surface area contributed by atoms with Crippen molar-refractivity contribution in [2.75, 3.05) is 13.1 Å². The van der Waals surface area contributed by atoms with Crippen molar-refractivity contribution in [1.29, 1.82) is 0 Å². The van der Waals surface area contributed by atoms with Gasteiger partial charge in [0.2, 0.25) is 11.7 Å². The first-order valence-corrected chi connectivity index (χ1v) is 7.66. The average molecular weight is 343 g/mol. The Hall–Kier alpha value is -1.14. The van der Waals surface area contributed by atoms with Crippen molar-refractivity contribution >= 4 is 24.0 Å². The van der Waals surface area contributed by atoms with Crippen LogP contribution in [0.4, 0.5) is 0 Å². The minimum Gasteiger partial charge on any atom is -0.338 e. The molecule has 1 unspecified atom stereocenters. The van der Waals surface area contributed by atoms with Gasteiger partial charge in [0.05, 0.1) is 6.54 Å². The Bertz CT molecular complexity index is 605. The van der Waals surface area contributed by atoms with Gasteiger partial charge in [-0.2, -0.15) is 4.98 Å². The van der Waals surface area contributed by atoms with E-state index < -0.39 is 0 Å². The first kappa shape index (κ1) is 17.2. The Morgan fingerprint density at radius 3 is 3.00 bits per heavy atom. The van der Waals surface area contributed by atoms with Crippen LogP contribution in [-0.2, 0) is 6.54 Å². The highest BCUT2D eigenvalue weighted by Crippen LogP contribution is 2.22. The fourth-order valence-corrected chi connectivity index (χ4v) is 2.96. The first-order valence-electron chi connectivity index (χ1n) is 7.29. The summed E-state index contributed by atoms with van der Waals surface area (Å²) < 4.78 is 5.37. The molecule has 1 aromatic heterocycles. The molecule has 1 atom stereocenters. The maximum absolute atomic E-state index is 5.99. The molecule has 0 saturated carbocycles. The number of piperidine rings is 1. The van der Waals surface area contributed by atoms with E-state index in [1.807, 2.05) is 24.3 Å². The quantitative estimate of drug-likeness (QED) is 0.924.